The van der Waals surface area contributed by atoms with E-state index < -0.39 is 0 Å². The molecule has 1 aromatic carbocycles. The second-order valence-corrected chi connectivity index (χ2v) is 6.42. The number of aromatic nitrogens is 3. The van der Waals surface area contributed by atoms with Gasteiger partial charge >= 0.3 is 0 Å². The van der Waals surface area contributed by atoms with Crippen molar-refractivity contribution in [3.05, 3.63) is 72.7 Å². The molecule has 1 aliphatic heterocycles. The number of anilines is 1. The molecule has 1 aliphatic rings. The first-order chi connectivity index (χ1) is 12.8. The molecule has 0 bridgehead atoms. The first kappa shape index (κ1) is 24.7. The average Bonchev–Trinajstić information content (AvgIpc) is 2.70. The molecule has 156 valence electrons. The molecule has 0 unspecified atom stereocenters. The molecule has 2 N–H and O–H groups in total. The van der Waals surface area contributed by atoms with Gasteiger partial charge < -0.3 is 10.4 Å². The molecule has 3 aromatic rings. The maximum atomic E-state index is 13.1. The number of pyridine rings is 1. The van der Waals surface area contributed by atoms with Gasteiger partial charge in [0.2, 0.25) is 0 Å². The number of rotatable bonds is 4. The lowest BCUT2D eigenvalue weighted by Gasteiger charge is -2.35. The van der Waals surface area contributed by atoms with Crippen molar-refractivity contribution in [2.75, 3.05) is 31.1 Å². The van der Waals surface area contributed by atoms with E-state index in [2.05, 4.69) is 30.8 Å². The molecule has 9 heteroatoms. The van der Waals surface area contributed by atoms with Crippen molar-refractivity contribution in [2.24, 2.45) is 0 Å². The lowest BCUT2D eigenvalue weighted by Crippen LogP contribution is -2.46. The predicted octanol–water partition coefficient (Wildman–Crippen LogP) is 3.02. The van der Waals surface area contributed by atoms with E-state index in [0.717, 1.165) is 49.7 Å². The summed E-state index contributed by atoms with van der Waals surface area (Å²) in [6.07, 6.45) is 8.96. The number of piperazine rings is 1. The standard InChI is InChI=1S/C20H20FN5.2ClH.H2O/c21-19-3-1-17(2-4-19)18-11-16(12-23-13-18)15-25-7-9-26(10-8-25)20-14-22-5-6-24-20;;;/h1-6,11-14H,7-10,15H2;2*1H;1H2. The molecule has 0 atom stereocenters. The molecule has 1 saturated heterocycles. The summed E-state index contributed by atoms with van der Waals surface area (Å²) in [6.45, 7) is 4.67. The van der Waals surface area contributed by atoms with Gasteiger partial charge in [0.25, 0.3) is 0 Å². The van der Waals surface area contributed by atoms with Crippen LogP contribution in [-0.4, -0.2) is 51.5 Å². The molecule has 2 aromatic heterocycles. The van der Waals surface area contributed by atoms with Crippen LogP contribution >= 0.6 is 24.8 Å². The third-order valence-electron chi connectivity index (χ3n) is 4.62. The minimum Gasteiger partial charge on any atom is -0.412 e. The van der Waals surface area contributed by atoms with Crippen LogP contribution in [0, 0.1) is 5.82 Å². The van der Waals surface area contributed by atoms with Crippen molar-refractivity contribution in [3.8, 4) is 11.1 Å². The van der Waals surface area contributed by atoms with Gasteiger partial charge in [0, 0.05) is 63.1 Å². The molecule has 6 nitrogen and oxygen atoms in total. The van der Waals surface area contributed by atoms with Crippen LogP contribution in [0.15, 0.2) is 61.3 Å². The van der Waals surface area contributed by atoms with Gasteiger partial charge in [-0.1, -0.05) is 12.1 Å². The first-order valence-corrected chi connectivity index (χ1v) is 8.71. The summed E-state index contributed by atoms with van der Waals surface area (Å²) in [5.74, 6) is 0.714. The fourth-order valence-electron chi connectivity index (χ4n) is 3.22. The van der Waals surface area contributed by atoms with Crippen LogP contribution in [-0.2, 0) is 6.54 Å². The Hall–Kier alpha value is -2.32. The second-order valence-electron chi connectivity index (χ2n) is 6.42. The molecular formula is C20H24Cl2FN5O. The Morgan fingerprint density at radius 2 is 1.55 bits per heavy atom. The molecule has 0 radical (unpaired) electrons. The van der Waals surface area contributed by atoms with Gasteiger partial charge in [0.05, 0.1) is 6.20 Å². The molecule has 1 fully saturated rings. The summed E-state index contributed by atoms with van der Waals surface area (Å²) >= 11 is 0. The van der Waals surface area contributed by atoms with Gasteiger partial charge in [-0.25, -0.2) is 9.37 Å². The normalized spacial score (nSPS) is 13.6. The maximum absolute atomic E-state index is 13.1. The fraction of sp³-hybridized carbons (Fsp3) is 0.250. The van der Waals surface area contributed by atoms with Gasteiger partial charge in [-0.05, 0) is 29.3 Å². The number of nitrogens with zero attached hydrogens (tertiary/aromatic N) is 5. The minimum atomic E-state index is -0.223. The Balaban J connectivity index is 0.00000140. The summed E-state index contributed by atoms with van der Waals surface area (Å²) < 4.78 is 13.1. The third-order valence-corrected chi connectivity index (χ3v) is 4.62. The van der Waals surface area contributed by atoms with Crippen LogP contribution in [0.25, 0.3) is 11.1 Å². The predicted molar refractivity (Wildman–Crippen MR) is 117 cm³/mol. The van der Waals surface area contributed by atoms with E-state index in [4.69, 9.17) is 0 Å². The highest BCUT2D eigenvalue weighted by molar-refractivity contribution is 5.85. The molecule has 0 spiro atoms. The Labute approximate surface area is 181 Å². The maximum Gasteiger partial charge on any atom is 0.147 e. The van der Waals surface area contributed by atoms with E-state index in [0.29, 0.717) is 0 Å². The molecule has 3 heterocycles. The fourth-order valence-corrected chi connectivity index (χ4v) is 3.22. The number of hydrogen-bond acceptors (Lipinski definition) is 5. The SMILES string of the molecule is Cl.Cl.Fc1ccc(-c2cncc(CN3CCN(c4cnccn4)CC3)c2)cc1.O. The van der Waals surface area contributed by atoms with Gasteiger partial charge in [-0.2, -0.15) is 0 Å². The zero-order chi connectivity index (χ0) is 17.8. The highest BCUT2D eigenvalue weighted by Gasteiger charge is 2.18. The zero-order valence-corrected chi connectivity index (χ0v) is 17.4. The van der Waals surface area contributed by atoms with Crippen LogP contribution in [0.4, 0.5) is 10.2 Å². The Bertz CT molecular complexity index is 862. The van der Waals surface area contributed by atoms with E-state index >= 15 is 0 Å². The topological polar surface area (TPSA) is 76.7 Å². The second kappa shape index (κ2) is 11.6. The van der Waals surface area contributed by atoms with Crippen molar-refractivity contribution in [1.29, 1.82) is 0 Å². The van der Waals surface area contributed by atoms with E-state index in [1.54, 1.807) is 24.5 Å². The highest BCUT2D eigenvalue weighted by atomic mass is 35.5. The molecule has 29 heavy (non-hydrogen) atoms. The monoisotopic (exact) mass is 439 g/mol. The van der Waals surface area contributed by atoms with Crippen molar-refractivity contribution in [2.45, 2.75) is 6.54 Å². The summed E-state index contributed by atoms with van der Waals surface area (Å²) in [7, 11) is 0. The summed E-state index contributed by atoms with van der Waals surface area (Å²) in [5, 5.41) is 0. The molecule has 0 saturated carbocycles. The van der Waals surface area contributed by atoms with Crippen molar-refractivity contribution < 1.29 is 9.87 Å². The third kappa shape index (κ3) is 6.33. The molecule has 4 rings (SSSR count). The van der Waals surface area contributed by atoms with Gasteiger partial charge in [0.15, 0.2) is 0 Å². The Morgan fingerprint density at radius 1 is 0.828 bits per heavy atom. The summed E-state index contributed by atoms with van der Waals surface area (Å²) in [4.78, 5) is 17.6. The van der Waals surface area contributed by atoms with E-state index in [-0.39, 0.29) is 36.1 Å². The lowest BCUT2D eigenvalue weighted by molar-refractivity contribution is 0.249. The lowest BCUT2D eigenvalue weighted by atomic mass is 10.1. The first-order valence-electron chi connectivity index (χ1n) is 8.71. The van der Waals surface area contributed by atoms with Crippen molar-refractivity contribution in [1.82, 2.24) is 19.9 Å². The summed E-state index contributed by atoms with van der Waals surface area (Å²) in [5.41, 5.74) is 3.16. The Kier molecular flexibility index (Phi) is 9.91. The number of hydrogen-bond donors (Lipinski definition) is 0. The molecule has 0 amide bonds. The van der Waals surface area contributed by atoms with E-state index in [1.807, 2.05) is 18.6 Å². The van der Waals surface area contributed by atoms with Gasteiger partial charge in [-0.15, -0.1) is 24.8 Å². The molecule has 0 aliphatic carbocycles. The van der Waals surface area contributed by atoms with E-state index in [9.17, 15) is 4.39 Å². The average molecular weight is 440 g/mol. The van der Waals surface area contributed by atoms with Crippen LogP contribution in [0.2, 0.25) is 0 Å². The van der Waals surface area contributed by atoms with Crippen LogP contribution < -0.4 is 4.90 Å². The smallest absolute Gasteiger partial charge is 0.147 e. The van der Waals surface area contributed by atoms with Crippen LogP contribution in [0.3, 0.4) is 0 Å². The minimum absolute atomic E-state index is 0. The zero-order valence-electron chi connectivity index (χ0n) is 15.7. The quantitative estimate of drug-likeness (QED) is 0.624. The summed E-state index contributed by atoms with van der Waals surface area (Å²) in [6, 6.07) is 8.67. The van der Waals surface area contributed by atoms with Crippen molar-refractivity contribution in [3.63, 3.8) is 0 Å². The highest BCUT2D eigenvalue weighted by Crippen LogP contribution is 2.21. The van der Waals surface area contributed by atoms with Crippen molar-refractivity contribution >= 4 is 30.6 Å². The van der Waals surface area contributed by atoms with E-state index in [1.165, 1.54) is 17.7 Å². The number of benzene rings is 1. The van der Waals surface area contributed by atoms with Crippen LogP contribution in [0.1, 0.15) is 5.56 Å². The largest absolute Gasteiger partial charge is 0.412 e. The van der Waals surface area contributed by atoms with Crippen LogP contribution in [0.5, 0.6) is 0 Å². The van der Waals surface area contributed by atoms with Gasteiger partial charge in [-0.3, -0.25) is 14.9 Å². The molecular weight excluding hydrogens is 416 g/mol. The van der Waals surface area contributed by atoms with Gasteiger partial charge in [0.1, 0.15) is 11.6 Å². The number of halogens is 3. The Morgan fingerprint density at radius 3 is 2.21 bits per heavy atom.